The highest BCUT2D eigenvalue weighted by molar-refractivity contribution is 4.80. The minimum absolute atomic E-state index is 0.392. The topological polar surface area (TPSA) is 50.7 Å². The molecule has 19 heavy (non-hydrogen) atoms. The zero-order valence-electron chi connectivity index (χ0n) is 12.6. The maximum Gasteiger partial charge on any atom is 0.0897 e. The molecule has 1 aliphatic rings. The third-order valence-corrected chi connectivity index (χ3v) is 3.94. The molecule has 4 heteroatoms. The second-order valence-corrected chi connectivity index (χ2v) is 5.39. The van der Waals surface area contributed by atoms with E-state index >= 15 is 0 Å². The van der Waals surface area contributed by atoms with Crippen LogP contribution in [0.4, 0.5) is 0 Å². The van der Waals surface area contributed by atoms with Crippen LogP contribution >= 0.6 is 0 Å². The Hall–Kier alpha value is -0.160. The van der Waals surface area contributed by atoms with Gasteiger partial charge in [0.1, 0.15) is 0 Å². The van der Waals surface area contributed by atoms with Gasteiger partial charge in [0.15, 0.2) is 0 Å². The molecule has 0 amide bonds. The molecule has 1 aliphatic carbocycles. The number of hydrogen-bond acceptors (Lipinski definition) is 4. The molecule has 0 aromatic carbocycles. The van der Waals surface area contributed by atoms with Crippen LogP contribution in [-0.4, -0.2) is 50.2 Å². The standard InChI is InChI=1S/C15H31NO3/c1-3-13-7-5-6-8-15(13)16-11-14(17)12-19-10-9-18-4-2/h13-17H,3-12H2,1-2H3. The van der Waals surface area contributed by atoms with Crippen LogP contribution in [0, 0.1) is 5.92 Å². The van der Waals surface area contributed by atoms with Crippen LogP contribution in [0.1, 0.15) is 46.0 Å². The van der Waals surface area contributed by atoms with Crippen molar-refractivity contribution in [2.75, 3.05) is 33.0 Å². The van der Waals surface area contributed by atoms with Crippen molar-refractivity contribution < 1.29 is 14.6 Å². The van der Waals surface area contributed by atoms with E-state index in [9.17, 15) is 5.11 Å². The lowest BCUT2D eigenvalue weighted by molar-refractivity contribution is 0.00464. The van der Waals surface area contributed by atoms with Gasteiger partial charge in [-0.1, -0.05) is 26.2 Å². The molecule has 2 N–H and O–H groups in total. The summed E-state index contributed by atoms with van der Waals surface area (Å²) >= 11 is 0. The highest BCUT2D eigenvalue weighted by Crippen LogP contribution is 2.26. The number of rotatable bonds is 10. The van der Waals surface area contributed by atoms with Gasteiger partial charge in [-0.3, -0.25) is 0 Å². The molecule has 3 atom stereocenters. The fourth-order valence-electron chi connectivity index (χ4n) is 2.79. The third-order valence-electron chi connectivity index (χ3n) is 3.94. The number of aliphatic hydroxyl groups excluding tert-OH is 1. The third kappa shape index (κ3) is 7.25. The lowest BCUT2D eigenvalue weighted by Gasteiger charge is -2.32. The van der Waals surface area contributed by atoms with Crippen molar-refractivity contribution in [1.29, 1.82) is 0 Å². The highest BCUT2D eigenvalue weighted by Gasteiger charge is 2.23. The Labute approximate surface area is 117 Å². The maximum absolute atomic E-state index is 9.87. The van der Waals surface area contributed by atoms with E-state index < -0.39 is 6.10 Å². The van der Waals surface area contributed by atoms with Crippen molar-refractivity contribution in [3.05, 3.63) is 0 Å². The normalized spacial score (nSPS) is 25.4. The van der Waals surface area contributed by atoms with E-state index in [1.807, 2.05) is 6.92 Å². The Morgan fingerprint density at radius 3 is 2.63 bits per heavy atom. The Balaban J connectivity index is 2.06. The van der Waals surface area contributed by atoms with E-state index in [-0.39, 0.29) is 0 Å². The molecule has 0 saturated heterocycles. The summed E-state index contributed by atoms with van der Waals surface area (Å²) in [5, 5.41) is 13.4. The molecule has 0 aromatic heterocycles. The summed E-state index contributed by atoms with van der Waals surface area (Å²) in [6.45, 7) is 7.14. The van der Waals surface area contributed by atoms with Gasteiger partial charge in [-0.15, -0.1) is 0 Å². The van der Waals surface area contributed by atoms with Crippen molar-refractivity contribution in [2.24, 2.45) is 5.92 Å². The average Bonchev–Trinajstić information content (AvgIpc) is 2.45. The van der Waals surface area contributed by atoms with Crippen molar-refractivity contribution in [2.45, 2.75) is 58.1 Å². The molecular weight excluding hydrogens is 242 g/mol. The molecule has 0 spiro atoms. The van der Waals surface area contributed by atoms with Crippen LogP contribution in [0.2, 0.25) is 0 Å². The molecule has 114 valence electrons. The predicted octanol–water partition coefficient (Wildman–Crippen LogP) is 1.96. The van der Waals surface area contributed by atoms with Crippen LogP contribution in [0.5, 0.6) is 0 Å². The van der Waals surface area contributed by atoms with Crippen molar-refractivity contribution in [1.82, 2.24) is 5.32 Å². The predicted molar refractivity (Wildman–Crippen MR) is 77.4 cm³/mol. The molecular formula is C15H31NO3. The van der Waals surface area contributed by atoms with Gasteiger partial charge in [0.05, 0.1) is 25.9 Å². The summed E-state index contributed by atoms with van der Waals surface area (Å²) in [6, 6.07) is 0.580. The van der Waals surface area contributed by atoms with Gasteiger partial charge in [-0.2, -0.15) is 0 Å². The first kappa shape index (κ1) is 16.9. The van der Waals surface area contributed by atoms with E-state index in [1.165, 1.54) is 32.1 Å². The first-order chi connectivity index (χ1) is 9.27. The SMILES string of the molecule is CCOCCOCC(O)CNC1CCCCC1CC. The van der Waals surface area contributed by atoms with Crippen molar-refractivity contribution in [3.63, 3.8) is 0 Å². The van der Waals surface area contributed by atoms with Gasteiger partial charge in [0.25, 0.3) is 0 Å². The lowest BCUT2D eigenvalue weighted by Crippen LogP contribution is -2.43. The fourth-order valence-corrected chi connectivity index (χ4v) is 2.79. The Morgan fingerprint density at radius 2 is 1.89 bits per heavy atom. The van der Waals surface area contributed by atoms with Crippen molar-refractivity contribution >= 4 is 0 Å². The van der Waals surface area contributed by atoms with E-state index in [4.69, 9.17) is 9.47 Å². The average molecular weight is 273 g/mol. The summed E-state index contributed by atoms with van der Waals surface area (Å²) in [7, 11) is 0. The summed E-state index contributed by atoms with van der Waals surface area (Å²) < 4.78 is 10.6. The summed E-state index contributed by atoms with van der Waals surface area (Å²) in [6.07, 6.45) is 6.07. The van der Waals surface area contributed by atoms with Crippen LogP contribution in [0.3, 0.4) is 0 Å². The zero-order chi connectivity index (χ0) is 13.9. The van der Waals surface area contributed by atoms with Gasteiger partial charge in [0, 0.05) is 19.2 Å². The molecule has 1 saturated carbocycles. The molecule has 0 aliphatic heterocycles. The van der Waals surface area contributed by atoms with Crippen LogP contribution < -0.4 is 5.32 Å². The Kier molecular flexibility index (Phi) is 9.43. The van der Waals surface area contributed by atoms with Gasteiger partial charge in [-0.05, 0) is 25.7 Å². The number of aliphatic hydroxyl groups is 1. The smallest absolute Gasteiger partial charge is 0.0897 e. The molecule has 1 fully saturated rings. The maximum atomic E-state index is 9.87. The van der Waals surface area contributed by atoms with Crippen molar-refractivity contribution in [3.8, 4) is 0 Å². The largest absolute Gasteiger partial charge is 0.389 e. The van der Waals surface area contributed by atoms with E-state index in [0.717, 1.165) is 5.92 Å². The Bertz CT molecular complexity index is 214. The molecule has 4 nitrogen and oxygen atoms in total. The first-order valence-corrected chi connectivity index (χ1v) is 7.84. The summed E-state index contributed by atoms with van der Waals surface area (Å²) in [5.41, 5.74) is 0. The quantitative estimate of drug-likeness (QED) is 0.597. The number of nitrogens with one attached hydrogen (secondary N) is 1. The number of hydrogen-bond donors (Lipinski definition) is 2. The second kappa shape index (κ2) is 10.6. The zero-order valence-corrected chi connectivity index (χ0v) is 12.6. The monoisotopic (exact) mass is 273 g/mol. The summed E-state index contributed by atoms with van der Waals surface area (Å²) in [4.78, 5) is 0. The lowest BCUT2D eigenvalue weighted by atomic mass is 9.83. The molecule has 0 bridgehead atoms. The van der Waals surface area contributed by atoms with Gasteiger partial charge in [-0.25, -0.2) is 0 Å². The van der Waals surface area contributed by atoms with E-state index in [0.29, 0.717) is 39.0 Å². The molecule has 0 heterocycles. The van der Waals surface area contributed by atoms with Crippen LogP contribution in [0.15, 0.2) is 0 Å². The second-order valence-electron chi connectivity index (χ2n) is 5.39. The molecule has 0 aromatic rings. The fraction of sp³-hybridized carbons (Fsp3) is 1.00. The van der Waals surface area contributed by atoms with Gasteiger partial charge >= 0.3 is 0 Å². The molecule has 0 radical (unpaired) electrons. The minimum Gasteiger partial charge on any atom is -0.389 e. The van der Waals surface area contributed by atoms with E-state index in [2.05, 4.69) is 12.2 Å². The van der Waals surface area contributed by atoms with Gasteiger partial charge in [0.2, 0.25) is 0 Å². The van der Waals surface area contributed by atoms with Crippen LogP contribution in [0.25, 0.3) is 0 Å². The Morgan fingerprint density at radius 1 is 1.16 bits per heavy atom. The first-order valence-electron chi connectivity index (χ1n) is 7.84. The van der Waals surface area contributed by atoms with Crippen LogP contribution in [-0.2, 0) is 9.47 Å². The van der Waals surface area contributed by atoms with Gasteiger partial charge < -0.3 is 19.9 Å². The van der Waals surface area contributed by atoms with E-state index in [1.54, 1.807) is 0 Å². The molecule has 1 rings (SSSR count). The summed E-state index contributed by atoms with van der Waals surface area (Å²) in [5.74, 6) is 0.778. The highest BCUT2D eigenvalue weighted by atomic mass is 16.5. The number of ether oxygens (including phenoxy) is 2. The minimum atomic E-state index is -0.416. The molecule has 3 unspecified atom stereocenters.